The average molecular weight is 398 g/mol. The lowest BCUT2D eigenvalue weighted by atomic mass is 9.79. The normalized spacial score (nSPS) is 15.8. The molecule has 8 heteroatoms. The summed E-state index contributed by atoms with van der Waals surface area (Å²) >= 11 is 0. The van der Waals surface area contributed by atoms with Gasteiger partial charge in [-0.2, -0.15) is 0 Å². The number of nitrogens with one attached hydrogen (secondary N) is 1. The van der Waals surface area contributed by atoms with Crippen molar-refractivity contribution in [3.8, 4) is 0 Å². The summed E-state index contributed by atoms with van der Waals surface area (Å²) in [6, 6.07) is 10.1. The molecule has 150 valence electrons. The molecule has 1 heterocycles. The van der Waals surface area contributed by atoms with Crippen LogP contribution in [0.25, 0.3) is 0 Å². The molecule has 1 aliphatic heterocycles. The third-order valence-electron chi connectivity index (χ3n) is 4.81. The van der Waals surface area contributed by atoms with E-state index < -0.39 is 18.8 Å². The minimum absolute atomic E-state index is 0.232. The molecule has 3 rings (SSSR count). The number of allylic oxidation sites excluding steroid dienone is 2. The first-order valence-corrected chi connectivity index (χ1v) is 9.16. The maximum Gasteiger partial charge on any atom is 0.488 e. The zero-order valence-electron chi connectivity index (χ0n) is 15.8. The lowest BCUT2D eigenvalue weighted by Crippen LogP contribution is -2.38. The number of nitrogens with zero attached hydrogens (tertiary/aromatic N) is 1. The number of rotatable bonds is 6. The summed E-state index contributed by atoms with van der Waals surface area (Å²) in [5.74, 6) is -2.05. The lowest BCUT2D eigenvalue weighted by Gasteiger charge is -2.31. The van der Waals surface area contributed by atoms with Gasteiger partial charge in [0.1, 0.15) is 0 Å². The van der Waals surface area contributed by atoms with Crippen molar-refractivity contribution in [2.75, 3.05) is 0 Å². The van der Waals surface area contributed by atoms with Crippen LogP contribution in [-0.2, 0) is 17.9 Å². The number of amides is 1. The van der Waals surface area contributed by atoms with Crippen molar-refractivity contribution in [1.82, 2.24) is 10.2 Å². The van der Waals surface area contributed by atoms with E-state index >= 15 is 0 Å². The van der Waals surface area contributed by atoms with Gasteiger partial charge < -0.3 is 20.3 Å². The fraction of sp³-hybridized carbons (Fsp3) is 0.190. The zero-order valence-corrected chi connectivity index (χ0v) is 15.8. The Morgan fingerprint density at radius 2 is 1.93 bits per heavy atom. The highest BCUT2D eigenvalue weighted by atomic mass is 19.2. The molecule has 0 saturated heterocycles. The van der Waals surface area contributed by atoms with Crippen molar-refractivity contribution in [1.29, 1.82) is 0 Å². The van der Waals surface area contributed by atoms with Crippen molar-refractivity contribution in [3.05, 3.63) is 89.2 Å². The topological polar surface area (TPSA) is 72.8 Å². The Bertz CT molecular complexity index is 963. The third-order valence-corrected chi connectivity index (χ3v) is 4.81. The lowest BCUT2D eigenvalue weighted by molar-refractivity contribution is -0.118. The first-order valence-electron chi connectivity index (χ1n) is 9.16. The van der Waals surface area contributed by atoms with E-state index in [-0.39, 0.29) is 18.5 Å². The quantitative estimate of drug-likeness (QED) is 0.647. The Morgan fingerprint density at radius 3 is 2.66 bits per heavy atom. The second kappa shape index (κ2) is 9.02. The summed E-state index contributed by atoms with van der Waals surface area (Å²) in [5, 5.41) is 21.3. The van der Waals surface area contributed by atoms with Crippen LogP contribution in [0.3, 0.4) is 0 Å². The van der Waals surface area contributed by atoms with Crippen molar-refractivity contribution in [2.45, 2.75) is 26.1 Å². The van der Waals surface area contributed by atoms with Crippen molar-refractivity contribution in [3.63, 3.8) is 0 Å². The Labute approximate surface area is 168 Å². The summed E-state index contributed by atoms with van der Waals surface area (Å²) in [7, 11) is -1.57. The first kappa shape index (κ1) is 20.8. The van der Waals surface area contributed by atoms with Gasteiger partial charge in [-0.05, 0) is 47.9 Å². The van der Waals surface area contributed by atoms with E-state index in [0.717, 1.165) is 17.7 Å². The van der Waals surface area contributed by atoms with E-state index in [2.05, 4.69) is 5.32 Å². The van der Waals surface area contributed by atoms with Gasteiger partial charge in [-0.1, -0.05) is 36.4 Å². The summed E-state index contributed by atoms with van der Waals surface area (Å²) in [6.07, 6.45) is 5.25. The molecule has 0 radical (unpaired) electrons. The van der Waals surface area contributed by atoms with Gasteiger partial charge >= 0.3 is 7.12 Å². The summed E-state index contributed by atoms with van der Waals surface area (Å²) in [6.45, 7) is 2.42. The van der Waals surface area contributed by atoms with E-state index in [4.69, 9.17) is 0 Å². The van der Waals surface area contributed by atoms with Crippen molar-refractivity contribution >= 4 is 18.5 Å². The molecule has 0 saturated carbocycles. The van der Waals surface area contributed by atoms with E-state index in [0.29, 0.717) is 23.1 Å². The molecule has 1 aliphatic rings. The van der Waals surface area contributed by atoms with Gasteiger partial charge in [0.05, 0.1) is 6.04 Å². The fourth-order valence-electron chi connectivity index (χ4n) is 3.16. The molecule has 1 amide bonds. The smallest absolute Gasteiger partial charge is 0.423 e. The highest BCUT2D eigenvalue weighted by molar-refractivity contribution is 6.58. The second-order valence-corrected chi connectivity index (χ2v) is 6.86. The van der Waals surface area contributed by atoms with Crippen LogP contribution in [0.4, 0.5) is 8.78 Å². The van der Waals surface area contributed by atoms with Crippen LogP contribution >= 0.6 is 0 Å². The predicted octanol–water partition coefficient (Wildman–Crippen LogP) is 1.61. The van der Waals surface area contributed by atoms with Gasteiger partial charge in [0.25, 0.3) is 0 Å². The highest BCUT2D eigenvalue weighted by Crippen LogP contribution is 2.20. The molecule has 3 N–H and O–H groups in total. The van der Waals surface area contributed by atoms with Gasteiger partial charge in [-0.25, -0.2) is 8.78 Å². The first-order chi connectivity index (χ1) is 13.8. The maximum atomic E-state index is 13.5. The molecule has 1 atom stereocenters. The fourth-order valence-corrected chi connectivity index (χ4v) is 3.16. The second-order valence-electron chi connectivity index (χ2n) is 6.86. The van der Waals surface area contributed by atoms with Gasteiger partial charge in [0.15, 0.2) is 11.6 Å². The Morgan fingerprint density at radius 1 is 1.14 bits per heavy atom. The predicted molar refractivity (Wildman–Crippen MR) is 107 cm³/mol. The number of carbonyl (C=O) groups is 1. The standard InChI is InChI=1S/C21H21BF2N2O3/c1-14-18(21(27)25-12-15-4-2-5-17(10-15)22(28)29)6-3-9-26(14)13-16-7-8-19(23)20(24)11-16/h2-11,14,28-29H,12-13H2,1H3,(H,25,27). The minimum Gasteiger partial charge on any atom is -0.423 e. The van der Waals surface area contributed by atoms with Crippen LogP contribution in [0.15, 0.2) is 66.4 Å². The van der Waals surface area contributed by atoms with Crippen LogP contribution in [-0.4, -0.2) is 34.0 Å². The largest absolute Gasteiger partial charge is 0.488 e. The van der Waals surface area contributed by atoms with Crippen LogP contribution in [0.1, 0.15) is 18.1 Å². The summed E-state index contributed by atoms with van der Waals surface area (Å²) < 4.78 is 26.6. The van der Waals surface area contributed by atoms with E-state index in [1.54, 1.807) is 42.6 Å². The van der Waals surface area contributed by atoms with Crippen molar-refractivity contribution in [2.24, 2.45) is 0 Å². The number of benzene rings is 2. The van der Waals surface area contributed by atoms with Crippen LogP contribution in [0, 0.1) is 11.6 Å². The SMILES string of the molecule is CC1C(C(=O)NCc2cccc(B(O)O)c2)=CC=CN1Cc1ccc(F)c(F)c1. The molecule has 2 aromatic rings. The molecule has 5 nitrogen and oxygen atoms in total. The molecular formula is C21H21BF2N2O3. The minimum atomic E-state index is -1.57. The van der Waals surface area contributed by atoms with Gasteiger partial charge in [0.2, 0.25) is 5.91 Å². The molecule has 0 spiro atoms. The number of carbonyl (C=O) groups excluding carboxylic acids is 1. The Kier molecular flexibility index (Phi) is 6.46. The van der Waals surface area contributed by atoms with E-state index in [9.17, 15) is 23.6 Å². The van der Waals surface area contributed by atoms with Crippen LogP contribution < -0.4 is 10.8 Å². The highest BCUT2D eigenvalue weighted by Gasteiger charge is 2.23. The molecule has 29 heavy (non-hydrogen) atoms. The van der Waals surface area contributed by atoms with E-state index in [1.165, 1.54) is 6.07 Å². The van der Waals surface area contributed by atoms with Gasteiger partial charge in [-0.3, -0.25) is 4.79 Å². The molecule has 0 aliphatic carbocycles. The number of hydrogen-bond acceptors (Lipinski definition) is 4. The monoisotopic (exact) mass is 398 g/mol. The number of hydrogen-bond donors (Lipinski definition) is 3. The zero-order chi connectivity index (χ0) is 21.0. The van der Waals surface area contributed by atoms with Gasteiger partial charge in [0, 0.05) is 18.7 Å². The van der Waals surface area contributed by atoms with Crippen molar-refractivity contribution < 1.29 is 23.6 Å². The Balaban J connectivity index is 1.63. The summed E-state index contributed by atoms with van der Waals surface area (Å²) in [5.41, 5.74) is 2.22. The number of halogens is 2. The summed E-state index contributed by atoms with van der Waals surface area (Å²) in [4.78, 5) is 14.5. The van der Waals surface area contributed by atoms with Gasteiger partial charge in [-0.15, -0.1) is 0 Å². The average Bonchev–Trinajstić information content (AvgIpc) is 2.70. The molecule has 0 bridgehead atoms. The van der Waals surface area contributed by atoms with Crippen LogP contribution in [0.5, 0.6) is 0 Å². The Hall–Kier alpha value is -2.97. The molecule has 0 fully saturated rings. The molecular weight excluding hydrogens is 377 g/mol. The molecule has 1 unspecified atom stereocenters. The molecule has 0 aromatic heterocycles. The molecule has 2 aromatic carbocycles. The van der Waals surface area contributed by atoms with Crippen LogP contribution in [0.2, 0.25) is 0 Å². The van der Waals surface area contributed by atoms with E-state index in [1.807, 2.05) is 11.8 Å². The maximum absolute atomic E-state index is 13.5. The third kappa shape index (κ3) is 5.10.